The van der Waals surface area contributed by atoms with Crippen LogP contribution in [0.5, 0.6) is 5.75 Å². The summed E-state index contributed by atoms with van der Waals surface area (Å²) in [5, 5.41) is 17.0. The Bertz CT molecular complexity index is 792. The Labute approximate surface area is 193 Å². The van der Waals surface area contributed by atoms with Crippen molar-refractivity contribution in [1.82, 2.24) is 10.6 Å². The average molecular weight is 441 g/mol. The smallest absolute Gasteiger partial charge is 0.217 e. The predicted molar refractivity (Wildman–Crippen MR) is 131 cm³/mol. The second-order valence-corrected chi connectivity index (χ2v) is 8.44. The van der Waals surface area contributed by atoms with Crippen LogP contribution < -0.4 is 15.4 Å². The maximum absolute atomic E-state index is 11.7. The lowest BCUT2D eigenvalue weighted by atomic mass is 10.0. The highest BCUT2D eigenvalue weighted by Crippen LogP contribution is 2.15. The average Bonchev–Trinajstić information content (AvgIpc) is 2.79. The summed E-state index contributed by atoms with van der Waals surface area (Å²) >= 11 is 0. The summed E-state index contributed by atoms with van der Waals surface area (Å²) in [5.41, 5.74) is 3.55. The summed E-state index contributed by atoms with van der Waals surface area (Å²) in [4.78, 5) is 11.7. The molecule has 5 nitrogen and oxygen atoms in total. The van der Waals surface area contributed by atoms with Crippen LogP contribution in [0.2, 0.25) is 0 Å². The van der Waals surface area contributed by atoms with Crippen LogP contribution in [0.25, 0.3) is 0 Å². The van der Waals surface area contributed by atoms with Gasteiger partial charge in [-0.2, -0.15) is 0 Å². The van der Waals surface area contributed by atoms with Crippen LogP contribution >= 0.6 is 0 Å². The monoisotopic (exact) mass is 440 g/mol. The molecule has 2 rings (SSSR count). The summed E-state index contributed by atoms with van der Waals surface area (Å²) in [6.45, 7) is 7.65. The van der Waals surface area contributed by atoms with E-state index in [0.29, 0.717) is 19.5 Å². The van der Waals surface area contributed by atoms with Gasteiger partial charge in [-0.25, -0.2) is 0 Å². The van der Waals surface area contributed by atoms with Gasteiger partial charge in [-0.05, 0) is 48.1 Å². The van der Waals surface area contributed by atoms with Gasteiger partial charge in [-0.15, -0.1) is 0 Å². The molecule has 1 amide bonds. The number of aryl methyl sites for hydroxylation is 1. The van der Waals surface area contributed by atoms with E-state index in [2.05, 4.69) is 48.7 Å². The number of hydrogen-bond acceptors (Lipinski definition) is 4. The van der Waals surface area contributed by atoms with Crippen LogP contribution in [-0.4, -0.2) is 36.3 Å². The minimum atomic E-state index is -0.692. The third-order valence-electron chi connectivity index (χ3n) is 5.58. The van der Waals surface area contributed by atoms with E-state index >= 15 is 0 Å². The molecule has 2 aromatic carbocycles. The molecule has 0 spiro atoms. The van der Waals surface area contributed by atoms with E-state index in [-0.39, 0.29) is 11.9 Å². The SMILES string of the molecule is CCCCCCOc1ccc(C[C@H](NC(C)=O)[C@@H](O)CNCc2cccc(CC)c2)cc1. The van der Waals surface area contributed by atoms with Crippen molar-refractivity contribution in [1.29, 1.82) is 0 Å². The van der Waals surface area contributed by atoms with E-state index in [0.717, 1.165) is 30.8 Å². The molecule has 0 aliphatic heterocycles. The lowest BCUT2D eigenvalue weighted by molar-refractivity contribution is -0.120. The molecule has 0 heterocycles. The van der Waals surface area contributed by atoms with E-state index in [1.807, 2.05) is 24.3 Å². The van der Waals surface area contributed by atoms with Gasteiger partial charge in [0.1, 0.15) is 5.75 Å². The first kappa shape index (κ1) is 25.9. The predicted octanol–water partition coefficient (Wildman–Crippen LogP) is 4.41. The molecule has 2 aromatic rings. The van der Waals surface area contributed by atoms with Crippen LogP contribution in [0.1, 0.15) is 63.1 Å². The molecule has 176 valence electrons. The highest BCUT2D eigenvalue weighted by molar-refractivity contribution is 5.73. The van der Waals surface area contributed by atoms with Crippen molar-refractivity contribution in [3.63, 3.8) is 0 Å². The summed E-state index contributed by atoms with van der Waals surface area (Å²) in [5.74, 6) is 0.717. The van der Waals surface area contributed by atoms with Gasteiger partial charge in [0.05, 0.1) is 18.8 Å². The number of carbonyl (C=O) groups excluding carboxylic acids is 1. The Hall–Kier alpha value is -2.37. The maximum atomic E-state index is 11.7. The molecule has 0 fully saturated rings. The first-order chi connectivity index (χ1) is 15.5. The Balaban J connectivity index is 1.85. The van der Waals surface area contributed by atoms with Crippen molar-refractivity contribution >= 4 is 5.91 Å². The highest BCUT2D eigenvalue weighted by Gasteiger charge is 2.20. The van der Waals surface area contributed by atoms with Crippen molar-refractivity contribution in [2.45, 2.75) is 78.0 Å². The molecule has 32 heavy (non-hydrogen) atoms. The molecule has 0 saturated heterocycles. The molecule has 0 aromatic heterocycles. The lowest BCUT2D eigenvalue weighted by Gasteiger charge is -2.24. The molecule has 5 heteroatoms. The summed E-state index contributed by atoms with van der Waals surface area (Å²) in [6.07, 6.45) is 5.61. The molecule has 3 N–H and O–H groups in total. The largest absolute Gasteiger partial charge is 0.494 e. The minimum Gasteiger partial charge on any atom is -0.494 e. The lowest BCUT2D eigenvalue weighted by Crippen LogP contribution is -2.48. The normalized spacial score (nSPS) is 12.9. The maximum Gasteiger partial charge on any atom is 0.217 e. The van der Waals surface area contributed by atoms with Crippen molar-refractivity contribution in [3.8, 4) is 5.75 Å². The third-order valence-corrected chi connectivity index (χ3v) is 5.58. The number of unbranched alkanes of at least 4 members (excludes halogenated alkanes) is 3. The van der Waals surface area contributed by atoms with Crippen LogP contribution in [0, 0.1) is 0 Å². The fourth-order valence-electron chi connectivity index (χ4n) is 3.71. The fourth-order valence-corrected chi connectivity index (χ4v) is 3.71. The summed E-state index contributed by atoms with van der Waals surface area (Å²) in [7, 11) is 0. The van der Waals surface area contributed by atoms with Crippen LogP contribution in [0.4, 0.5) is 0 Å². The number of benzene rings is 2. The number of ether oxygens (including phenoxy) is 1. The molecule has 2 atom stereocenters. The zero-order chi connectivity index (χ0) is 23.2. The second-order valence-electron chi connectivity index (χ2n) is 8.44. The van der Waals surface area contributed by atoms with Crippen molar-refractivity contribution < 1.29 is 14.6 Å². The van der Waals surface area contributed by atoms with Gasteiger partial charge in [-0.1, -0.05) is 69.5 Å². The van der Waals surface area contributed by atoms with Crippen molar-refractivity contribution in [2.75, 3.05) is 13.2 Å². The van der Waals surface area contributed by atoms with Gasteiger partial charge in [0.15, 0.2) is 0 Å². The number of carbonyl (C=O) groups is 1. The molecule has 0 aliphatic carbocycles. The topological polar surface area (TPSA) is 70.6 Å². The fraction of sp³-hybridized carbons (Fsp3) is 0.519. The third kappa shape index (κ3) is 9.84. The van der Waals surface area contributed by atoms with E-state index in [9.17, 15) is 9.90 Å². The Morgan fingerprint density at radius 3 is 2.44 bits per heavy atom. The minimum absolute atomic E-state index is 0.142. The number of nitrogens with one attached hydrogen (secondary N) is 2. The van der Waals surface area contributed by atoms with E-state index in [1.54, 1.807) is 0 Å². The summed E-state index contributed by atoms with van der Waals surface area (Å²) < 4.78 is 5.81. The van der Waals surface area contributed by atoms with Gasteiger partial charge in [-0.3, -0.25) is 4.79 Å². The Morgan fingerprint density at radius 2 is 1.75 bits per heavy atom. The van der Waals surface area contributed by atoms with Crippen LogP contribution in [0.3, 0.4) is 0 Å². The Morgan fingerprint density at radius 1 is 1.00 bits per heavy atom. The second kappa shape index (κ2) is 14.6. The number of amides is 1. The molecule has 0 radical (unpaired) electrons. The molecular weight excluding hydrogens is 400 g/mol. The Kier molecular flexibility index (Phi) is 11.8. The first-order valence-electron chi connectivity index (χ1n) is 12.0. The summed E-state index contributed by atoms with van der Waals surface area (Å²) in [6, 6.07) is 16.0. The van der Waals surface area contributed by atoms with Crippen molar-refractivity contribution in [2.24, 2.45) is 0 Å². The van der Waals surface area contributed by atoms with E-state index < -0.39 is 6.10 Å². The van der Waals surface area contributed by atoms with Gasteiger partial charge in [0, 0.05) is 20.0 Å². The van der Waals surface area contributed by atoms with Crippen molar-refractivity contribution in [3.05, 3.63) is 65.2 Å². The standard InChI is InChI=1S/C27H40N2O3/c1-4-6-7-8-16-32-25-14-12-23(13-15-25)18-26(29-21(3)30)27(31)20-28-19-24-11-9-10-22(5-2)17-24/h9-15,17,26-28,31H,4-8,16,18-20H2,1-3H3,(H,29,30)/t26-,27-/m0/s1. The van der Waals surface area contributed by atoms with Gasteiger partial charge >= 0.3 is 0 Å². The van der Waals surface area contributed by atoms with Gasteiger partial charge in [0.25, 0.3) is 0 Å². The van der Waals surface area contributed by atoms with E-state index in [4.69, 9.17) is 4.74 Å². The van der Waals surface area contributed by atoms with Crippen LogP contribution in [0.15, 0.2) is 48.5 Å². The van der Waals surface area contributed by atoms with Gasteiger partial charge in [0.2, 0.25) is 5.91 Å². The molecule has 0 saturated carbocycles. The number of aliphatic hydroxyl groups is 1. The van der Waals surface area contributed by atoms with E-state index in [1.165, 1.54) is 37.3 Å². The van der Waals surface area contributed by atoms with Crippen LogP contribution in [-0.2, 0) is 24.2 Å². The zero-order valence-corrected chi connectivity index (χ0v) is 19.9. The number of hydrogen-bond donors (Lipinski definition) is 3. The quantitative estimate of drug-likeness (QED) is 0.359. The molecule has 0 unspecified atom stereocenters. The number of rotatable bonds is 15. The highest BCUT2D eigenvalue weighted by atomic mass is 16.5. The molecular formula is C27H40N2O3. The number of aliphatic hydroxyl groups excluding tert-OH is 1. The zero-order valence-electron chi connectivity index (χ0n) is 19.9. The molecule has 0 bridgehead atoms. The first-order valence-corrected chi connectivity index (χ1v) is 12.0. The molecule has 0 aliphatic rings. The van der Waals surface area contributed by atoms with Gasteiger partial charge < -0.3 is 20.5 Å².